The number of hydrogen-bond acceptors (Lipinski definition) is 3. The van der Waals surface area contributed by atoms with Crippen LogP contribution in [-0.4, -0.2) is 25.6 Å². The Bertz CT molecular complexity index is 523. The van der Waals surface area contributed by atoms with Gasteiger partial charge in [0, 0.05) is 5.92 Å². The molecular formula is C16H22ClF3N2O2. The zero-order valence-electron chi connectivity index (χ0n) is 13.1. The van der Waals surface area contributed by atoms with Crippen molar-refractivity contribution in [2.24, 2.45) is 17.6 Å². The SMILES string of the molecule is Cl.NC[C@H]1CCC[C@H]1C(=O)NCCOc1ccc(C(F)(F)F)cc1. The van der Waals surface area contributed by atoms with E-state index in [0.29, 0.717) is 18.8 Å². The third-order valence-electron chi connectivity index (χ3n) is 4.15. The van der Waals surface area contributed by atoms with E-state index < -0.39 is 11.7 Å². The van der Waals surface area contributed by atoms with Crippen LogP contribution in [0.25, 0.3) is 0 Å². The first-order valence-corrected chi connectivity index (χ1v) is 7.69. The van der Waals surface area contributed by atoms with Crippen LogP contribution in [0.5, 0.6) is 5.75 Å². The number of alkyl halides is 3. The van der Waals surface area contributed by atoms with Gasteiger partial charge in [-0.1, -0.05) is 6.42 Å². The molecular weight excluding hydrogens is 345 g/mol. The molecule has 2 rings (SSSR count). The van der Waals surface area contributed by atoms with Crippen LogP contribution >= 0.6 is 12.4 Å². The Labute approximate surface area is 145 Å². The van der Waals surface area contributed by atoms with Gasteiger partial charge in [-0.05, 0) is 49.6 Å². The zero-order valence-corrected chi connectivity index (χ0v) is 14.0. The topological polar surface area (TPSA) is 64.4 Å². The van der Waals surface area contributed by atoms with E-state index in [4.69, 9.17) is 10.5 Å². The van der Waals surface area contributed by atoms with E-state index in [0.717, 1.165) is 31.4 Å². The molecule has 0 saturated heterocycles. The van der Waals surface area contributed by atoms with Gasteiger partial charge in [-0.2, -0.15) is 13.2 Å². The number of nitrogens with two attached hydrogens (primary N) is 1. The van der Waals surface area contributed by atoms with Crippen LogP contribution in [-0.2, 0) is 11.0 Å². The lowest BCUT2D eigenvalue weighted by Gasteiger charge is -2.17. The summed E-state index contributed by atoms with van der Waals surface area (Å²) in [5, 5.41) is 2.80. The van der Waals surface area contributed by atoms with Crippen LogP contribution in [0, 0.1) is 11.8 Å². The maximum absolute atomic E-state index is 12.4. The fourth-order valence-corrected chi connectivity index (χ4v) is 2.88. The van der Waals surface area contributed by atoms with E-state index in [1.165, 1.54) is 12.1 Å². The van der Waals surface area contributed by atoms with Gasteiger partial charge in [0.25, 0.3) is 0 Å². The van der Waals surface area contributed by atoms with E-state index in [1.54, 1.807) is 0 Å². The van der Waals surface area contributed by atoms with Gasteiger partial charge < -0.3 is 15.8 Å². The normalized spacial score (nSPS) is 20.3. The predicted molar refractivity (Wildman–Crippen MR) is 87.1 cm³/mol. The average molecular weight is 367 g/mol. The van der Waals surface area contributed by atoms with E-state index in [9.17, 15) is 18.0 Å². The standard InChI is InChI=1S/C16H21F3N2O2.ClH/c17-16(18,19)12-4-6-13(7-5-12)23-9-8-21-15(22)14-3-1-2-11(14)10-20;/h4-7,11,14H,1-3,8-10,20H2,(H,21,22);1H/t11-,14-;/m1./s1. The van der Waals surface area contributed by atoms with Crippen molar-refractivity contribution in [3.8, 4) is 5.75 Å². The number of nitrogens with one attached hydrogen (secondary N) is 1. The summed E-state index contributed by atoms with van der Waals surface area (Å²) in [6, 6.07) is 4.48. The number of amides is 1. The van der Waals surface area contributed by atoms with Crippen molar-refractivity contribution in [3.63, 3.8) is 0 Å². The van der Waals surface area contributed by atoms with Gasteiger partial charge >= 0.3 is 6.18 Å². The lowest BCUT2D eigenvalue weighted by molar-refractivity contribution is -0.137. The van der Waals surface area contributed by atoms with Crippen LogP contribution in [0.3, 0.4) is 0 Å². The quantitative estimate of drug-likeness (QED) is 0.761. The second-order valence-electron chi connectivity index (χ2n) is 5.69. The lowest BCUT2D eigenvalue weighted by Crippen LogP contribution is -2.37. The molecule has 1 aliphatic carbocycles. The molecule has 3 N–H and O–H groups in total. The Morgan fingerprint density at radius 3 is 2.50 bits per heavy atom. The first-order valence-electron chi connectivity index (χ1n) is 7.69. The molecule has 0 radical (unpaired) electrons. The summed E-state index contributed by atoms with van der Waals surface area (Å²) in [4.78, 5) is 12.0. The third kappa shape index (κ3) is 5.56. The summed E-state index contributed by atoms with van der Waals surface area (Å²) in [5.41, 5.74) is 4.94. The molecule has 1 aromatic rings. The fourth-order valence-electron chi connectivity index (χ4n) is 2.88. The molecule has 0 heterocycles. The highest BCUT2D eigenvalue weighted by atomic mass is 35.5. The first-order chi connectivity index (χ1) is 10.9. The van der Waals surface area contributed by atoms with Crippen LogP contribution < -0.4 is 15.8 Å². The van der Waals surface area contributed by atoms with Gasteiger partial charge in [0.15, 0.2) is 0 Å². The van der Waals surface area contributed by atoms with E-state index in [1.807, 2.05) is 0 Å². The molecule has 0 aromatic heterocycles. The summed E-state index contributed by atoms with van der Waals surface area (Å²) >= 11 is 0. The molecule has 1 saturated carbocycles. The van der Waals surface area contributed by atoms with Gasteiger partial charge in [0.1, 0.15) is 12.4 Å². The van der Waals surface area contributed by atoms with Crippen LogP contribution in [0.1, 0.15) is 24.8 Å². The number of ether oxygens (including phenoxy) is 1. The number of benzene rings is 1. The molecule has 1 aromatic carbocycles. The van der Waals surface area contributed by atoms with Crippen LogP contribution in [0.15, 0.2) is 24.3 Å². The molecule has 8 heteroatoms. The molecule has 4 nitrogen and oxygen atoms in total. The van der Waals surface area contributed by atoms with Gasteiger partial charge in [-0.15, -0.1) is 12.4 Å². The fraction of sp³-hybridized carbons (Fsp3) is 0.562. The largest absolute Gasteiger partial charge is 0.492 e. The zero-order chi connectivity index (χ0) is 16.9. The molecule has 1 fully saturated rings. The number of rotatable bonds is 6. The monoisotopic (exact) mass is 366 g/mol. The second-order valence-corrected chi connectivity index (χ2v) is 5.69. The van der Waals surface area contributed by atoms with E-state index in [2.05, 4.69) is 5.32 Å². The highest BCUT2D eigenvalue weighted by molar-refractivity contribution is 5.85. The molecule has 1 aliphatic rings. The van der Waals surface area contributed by atoms with Crippen molar-refractivity contribution in [2.45, 2.75) is 25.4 Å². The molecule has 0 bridgehead atoms. The van der Waals surface area contributed by atoms with Crippen LogP contribution in [0.4, 0.5) is 13.2 Å². The minimum atomic E-state index is -4.35. The Kier molecular flexibility index (Phi) is 7.83. The number of hydrogen-bond donors (Lipinski definition) is 2. The summed E-state index contributed by atoms with van der Waals surface area (Å²) in [6.45, 7) is 1.03. The predicted octanol–water partition coefficient (Wildman–Crippen LogP) is 3.00. The van der Waals surface area contributed by atoms with Crippen molar-refractivity contribution >= 4 is 18.3 Å². The molecule has 0 spiro atoms. The van der Waals surface area contributed by atoms with Gasteiger partial charge in [0.2, 0.25) is 5.91 Å². The first kappa shape index (κ1) is 20.6. The highest BCUT2D eigenvalue weighted by Gasteiger charge is 2.31. The van der Waals surface area contributed by atoms with Gasteiger partial charge in [0.05, 0.1) is 12.1 Å². The highest BCUT2D eigenvalue weighted by Crippen LogP contribution is 2.31. The number of carbonyl (C=O) groups excluding carboxylic acids is 1. The minimum Gasteiger partial charge on any atom is -0.492 e. The number of halogens is 4. The summed E-state index contributed by atoms with van der Waals surface area (Å²) in [6.07, 6.45) is -1.50. The van der Waals surface area contributed by atoms with E-state index in [-0.39, 0.29) is 36.8 Å². The molecule has 24 heavy (non-hydrogen) atoms. The van der Waals surface area contributed by atoms with Crippen molar-refractivity contribution in [1.82, 2.24) is 5.32 Å². The maximum Gasteiger partial charge on any atom is 0.416 e. The van der Waals surface area contributed by atoms with Crippen molar-refractivity contribution in [3.05, 3.63) is 29.8 Å². The minimum absolute atomic E-state index is 0. The maximum atomic E-state index is 12.4. The lowest BCUT2D eigenvalue weighted by atomic mass is 9.95. The smallest absolute Gasteiger partial charge is 0.416 e. The van der Waals surface area contributed by atoms with Gasteiger partial charge in [-0.25, -0.2) is 0 Å². The van der Waals surface area contributed by atoms with Crippen molar-refractivity contribution < 1.29 is 22.7 Å². The van der Waals surface area contributed by atoms with Crippen molar-refractivity contribution in [2.75, 3.05) is 19.7 Å². The van der Waals surface area contributed by atoms with Crippen molar-refractivity contribution in [1.29, 1.82) is 0 Å². The molecule has 136 valence electrons. The Balaban J connectivity index is 0.00000288. The third-order valence-corrected chi connectivity index (χ3v) is 4.15. The summed E-state index contributed by atoms with van der Waals surface area (Å²) in [5.74, 6) is 0.527. The molecule has 1 amide bonds. The second kappa shape index (κ2) is 9.13. The summed E-state index contributed by atoms with van der Waals surface area (Å²) < 4.78 is 42.6. The molecule has 2 atom stereocenters. The Morgan fingerprint density at radius 1 is 1.25 bits per heavy atom. The molecule has 0 unspecified atom stereocenters. The van der Waals surface area contributed by atoms with Gasteiger partial charge in [-0.3, -0.25) is 4.79 Å². The van der Waals surface area contributed by atoms with Crippen LogP contribution in [0.2, 0.25) is 0 Å². The van der Waals surface area contributed by atoms with E-state index >= 15 is 0 Å². The Hall–Kier alpha value is -1.47. The molecule has 0 aliphatic heterocycles. The summed E-state index contributed by atoms with van der Waals surface area (Å²) in [7, 11) is 0. The Morgan fingerprint density at radius 2 is 1.92 bits per heavy atom. The average Bonchev–Trinajstić information content (AvgIpc) is 2.99. The number of carbonyl (C=O) groups is 1.